The van der Waals surface area contributed by atoms with Crippen molar-refractivity contribution >= 4 is 23.3 Å². The second-order valence-corrected chi connectivity index (χ2v) is 5.19. The molecule has 1 amide bonds. The largest absolute Gasteiger partial charge is 0.366 e. The fourth-order valence-corrected chi connectivity index (χ4v) is 2.65. The van der Waals surface area contributed by atoms with E-state index in [4.69, 9.17) is 5.73 Å². The first kappa shape index (κ1) is 12.6. The van der Waals surface area contributed by atoms with Gasteiger partial charge in [0.25, 0.3) is 0 Å². The summed E-state index contributed by atoms with van der Waals surface area (Å²) in [5.41, 5.74) is 9.46. The minimum absolute atomic E-state index is 0.374. The molecule has 0 bridgehead atoms. The minimum atomic E-state index is -0.374. The van der Waals surface area contributed by atoms with Crippen LogP contribution in [-0.2, 0) is 4.79 Å². The van der Waals surface area contributed by atoms with Crippen molar-refractivity contribution in [1.29, 1.82) is 0 Å². The Labute approximate surface area is 111 Å². The lowest BCUT2D eigenvalue weighted by Gasteiger charge is -2.01. The van der Waals surface area contributed by atoms with Crippen LogP contribution in [0.5, 0.6) is 0 Å². The summed E-state index contributed by atoms with van der Waals surface area (Å²) >= 11 is 1.61. The zero-order valence-corrected chi connectivity index (χ0v) is 11.3. The number of hydrogen-bond acceptors (Lipinski definition) is 2. The molecule has 2 N–H and O–H groups in total. The maximum absolute atomic E-state index is 11.0. The molecule has 2 nitrogen and oxygen atoms in total. The zero-order valence-electron chi connectivity index (χ0n) is 10.4. The Bertz CT molecular complexity index is 610. The molecule has 0 atom stereocenters. The van der Waals surface area contributed by atoms with Gasteiger partial charge in [-0.3, -0.25) is 4.79 Å². The lowest BCUT2D eigenvalue weighted by molar-refractivity contribution is -0.114. The van der Waals surface area contributed by atoms with Crippen molar-refractivity contribution in [2.75, 3.05) is 0 Å². The van der Waals surface area contributed by atoms with E-state index in [2.05, 4.69) is 30.5 Å². The molecule has 0 aliphatic carbocycles. The van der Waals surface area contributed by atoms with Crippen LogP contribution in [-0.4, -0.2) is 5.91 Å². The van der Waals surface area contributed by atoms with E-state index in [1.54, 1.807) is 18.3 Å². The van der Waals surface area contributed by atoms with Crippen LogP contribution in [0.3, 0.4) is 0 Å². The summed E-state index contributed by atoms with van der Waals surface area (Å²) < 4.78 is 0. The number of rotatable bonds is 3. The summed E-state index contributed by atoms with van der Waals surface area (Å²) in [5, 5.41) is 2.10. The molecule has 92 valence electrons. The number of amides is 1. The number of benzene rings is 1. The van der Waals surface area contributed by atoms with Crippen LogP contribution in [0.25, 0.3) is 17.2 Å². The molecule has 0 saturated heterocycles. The molecule has 0 spiro atoms. The molecule has 0 fully saturated rings. The first-order valence-corrected chi connectivity index (χ1v) is 6.58. The van der Waals surface area contributed by atoms with E-state index in [-0.39, 0.29) is 5.91 Å². The Morgan fingerprint density at radius 3 is 2.72 bits per heavy atom. The number of aryl methyl sites for hydroxylation is 1. The van der Waals surface area contributed by atoms with Gasteiger partial charge < -0.3 is 5.73 Å². The number of hydrogen-bond donors (Lipinski definition) is 1. The highest BCUT2D eigenvalue weighted by Gasteiger charge is 2.05. The van der Waals surface area contributed by atoms with E-state index in [0.717, 1.165) is 4.88 Å². The van der Waals surface area contributed by atoms with E-state index in [1.807, 2.05) is 18.2 Å². The van der Waals surface area contributed by atoms with E-state index < -0.39 is 0 Å². The van der Waals surface area contributed by atoms with Gasteiger partial charge in [0.2, 0.25) is 5.91 Å². The summed E-state index contributed by atoms with van der Waals surface area (Å²) in [4.78, 5) is 12.0. The zero-order chi connectivity index (χ0) is 13.1. The Morgan fingerprint density at radius 2 is 2.06 bits per heavy atom. The predicted octanol–water partition coefficient (Wildman–Crippen LogP) is 3.61. The SMILES string of the molecule is C/C(=C\c1cc(-c2ccccc2C)cs1)C(N)=O. The minimum Gasteiger partial charge on any atom is -0.366 e. The average Bonchev–Trinajstić information content (AvgIpc) is 2.77. The molecule has 3 heteroatoms. The van der Waals surface area contributed by atoms with Crippen LogP contribution in [0.15, 0.2) is 41.3 Å². The van der Waals surface area contributed by atoms with Crippen LogP contribution >= 0.6 is 11.3 Å². The van der Waals surface area contributed by atoms with Crippen LogP contribution < -0.4 is 5.73 Å². The van der Waals surface area contributed by atoms with Gasteiger partial charge in [0.05, 0.1) is 0 Å². The summed E-state index contributed by atoms with van der Waals surface area (Å²) in [5.74, 6) is -0.374. The van der Waals surface area contributed by atoms with Gasteiger partial charge in [0.1, 0.15) is 0 Å². The highest BCUT2D eigenvalue weighted by atomic mass is 32.1. The third-order valence-corrected chi connectivity index (χ3v) is 3.70. The van der Waals surface area contributed by atoms with Crippen molar-refractivity contribution in [1.82, 2.24) is 0 Å². The number of nitrogens with two attached hydrogens (primary N) is 1. The third-order valence-electron chi connectivity index (χ3n) is 2.82. The standard InChI is InChI=1S/C15H15NOS/c1-10-5-3-4-6-14(10)12-8-13(18-9-12)7-11(2)15(16)17/h3-9H,1-2H3,(H2,16,17)/b11-7+. The maximum Gasteiger partial charge on any atom is 0.244 e. The molecular formula is C15H15NOS. The van der Waals surface area contributed by atoms with Crippen molar-refractivity contribution < 1.29 is 4.79 Å². The van der Waals surface area contributed by atoms with Gasteiger partial charge in [0.15, 0.2) is 0 Å². The topological polar surface area (TPSA) is 43.1 Å². The van der Waals surface area contributed by atoms with Crippen LogP contribution in [0.2, 0.25) is 0 Å². The first-order valence-electron chi connectivity index (χ1n) is 5.70. The molecule has 0 aliphatic heterocycles. The number of primary amides is 1. The van der Waals surface area contributed by atoms with E-state index in [9.17, 15) is 4.79 Å². The Hall–Kier alpha value is -1.87. The van der Waals surface area contributed by atoms with Gasteiger partial charge in [-0.25, -0.2) is 0 Å². The molecule has 0 unspecified atom stereocenters. The highest BCUT2D eigenvalue weighted by Crippen LogP contribution is 2.29. The van der Waals surface area contributed by atoms with Crippen molar-refractivity contribution in [3.05, 3.63) is 51.7 Å². The average molecular weight is 257 g/mol. The summed E-state index contributed by atoms with van der Waals surface area (Å²) in [6, 6.07) is 10.3. The quantitative estimate of drug-likeness (QED) is 0.839. The first-order chi connectivity index (χ1) is 8.58. The fourth-order valence-electron chi connectivity index (χ4n) is 1.75. The van der Waals surface area contributed by atoms with E-state index in [0.29, 0.717) is 5.57 Å². The lowest BCUT2D eigenvalue weighted by Crippen LogP contribution is -2.11. The predicted molar refractivity (Wildman–Crippen MR) is 77.3 cm³/mol. The normalized spacial score (nSPS) is 11.6. The molecule has 1 aromatic heterocycles. The van der Waals surface area contributed by atoms with Crippen molar-refractivity contribution in [3.8, 4) is 11.1 Å². The van der Waals surface area contributed by atoms with Gasteiger partial charge in [-0.05, 0) is 48.1 Å². The number of carbonyl (C=O) groups excluding carboxylic acids is 1. The van der Waals surface area contributed by atoms with E-state index in [1.165, 1.54) is 16.7 Å². The van der Waals surface area contributed by atoms with Gasteiger partial charge in [-0.1, -0.05) is 24.3 Å². The number of thiophene rings is 1. The summed E-state index contributed by atoms with van der Waals surface area (Å²) in [6.07, 6.45) is 1.83. The molecule has 0 radical (unpaired) electrons. The monoisotopic (exact) mass is 257 g/mol. The highest BCUT2D eigenvalue weighted by molar-refractivity contribution is 7.11. The molecule has 18 heavy (non-hydrogen) atoms. The van der Waals surface area contributed by atoms with Crippen LogP contribution in [0.1, 0.15) is 17.4 Å². The number of carbonyl (C=O) groups is 1. The lowest BCUT2D eigenvalue weighted by atomic mass is 10.0. The second-order valence-electron chi connectivity index (χ2n) is 4.24. The molecular weight excluding hydrogens is 242 g/mol. The van der Waals surface area contributed by atoms with Crippen LogP contribution in [0.4, 0.5) is 0 Å². The van der Waals surface area contributed by atoms with Crippen molar-refractivity contribution in [2.45, 2.75) is 13.8 Å². The van der Waals surface area contributed by atoms with Gasteiger partial charge in [0, 0.05) is 10.5 Å². The Morgan fingerprint density at radius 1 is 1.33 bits per heavy atom. The van der Waals surface area contributed by atoms with Crippen LogP contribution in [0, 0.1) is 6.92 Å². The maximum atomic E-state index is 11.0. The van der Waals surface area contributed by atoms with E-state index >= 15 is 0 Å². The smallest absolute Gasteiger partial charge is 0.244 e. The Balaban J connectivity index is 2.35. The Kier molecular flexibility index (Phi) is 3.63. The van der Waals surface area contributed by atoms with Gasteiger partial charge in [-0.15, -0.1) is 11.3 Å². The second kappa shape index (κ2) is 5.19. The molecule has 1 aromatic carbocycles. The molecule has 2 aromatic rings. The third kappa shape index (κ3) is 2.68. The fraction of sp³-hybridized carbons (Fsp3) is 0.133. The molecule has 0 saturated carbocycles. The van der Waals surface area contributed by atoms with Crippen molar-refractivity contribution in [3.63, 3.8) is 0 Å². The molecule has 0 aliphatic rings. The molecule has 1 heterocycles. The van der Waals surface area contributed by atoms with Gasteiger partial charge >= 0.3 is 0 Å². The summed E-state index contributed by atoms with van der Waals surface area (Å²) in [7, 11) is 0. The van der Waals surface area contributed by atoms with Gasteiger partial charge in [-0.2, -0.15) is 0 Å². The van der Waals surface area contributed by atoms with Crippen molar-refractivity contribution in [2.24, 2.45) is 5.73 Å². The summed E-state index contributed by atoms with van der Waals surface area (Å²) in [6.45, 7) is 3.83. The molecule has 2 rings (SSSR count).